The number of hydrogen-bond donors (Lipinski definition) is 1. The largest absolute Gasteiger partial charge is 0.262 e. The molecule has 0 radical (unpaired) electrons. The number of nitrogens with zero attached hydrogens (tertiary/aromatic N) is 6. The first-order valence-electron chi connectivity index (χ1n) is 5.62. The first kappa shape index (κ1) is 12.0. The van der Waals surface area contributed by atoms with Crippen molar-refractivity contribution in [1.82, 2.24) is 35.4 Å². The molecule has 0 saturated carbocycles. The number of aromatic nitrogens is 7. The molecule has 0 bridgehead atoms. The molecule has 2 aromatic heterocycles. The molecular weight excluding hydrogens is 238 g/mol. The molecule has 92 valence electrons. The molecule has 17 heavy (non-hydrogen) atoms. The molecule has 0 spiro atoms. The number of nitrogens with one attached hydrogen (secondary N) is 1. The zero-order chi connectivity index (χ0) is 12.1. The van der Waals surface area contributed by atoms with Crippen LogP contribution in [0.15, 0.2) is 5.16 Å². The van der Waals surface area contributed by atoms with E-state index < -0.39 is 0 Å². The average Bonchev–Trinajstić information content (AvgIpc) is 2.95. The number of hydrogen-bond acceptors (Lipinski definition) is 6. The van der Waals surface area contributed by atoms with E-state index in [1.165, 1.54) is 11.8 Å². The number of aromatic amines is 1. The van der Waals surface area contributed by atoms with Gasteiger partial charge in [0.25, 0.3) is 0 Å². The van der Waals surface area contributed by atoms with E-state index in [1.54, 1.807) is 0 Å². The maximum absolute atomic E-state index is 4.32. The second kappa shape index (κ2) is 5.76. The Morgan fingerprint density at radius 1 is 1.35 bits per heavy atom. The molecule has 2 aromatic rings. The summed E-state index contributed by atoms with van der Waals surface area (Å²) in [6, 6.07) is 0. The predicted molar refractivity (Wildman–Crippen MR) is 63.4 cm³/mol. The van der Waals surface area contributed by atoms with Crippen molar-refractivity contribution in [3.05, 3.63) is 11.6 Å². The molecule has 2 rings (SSSR count). The maximum Gasteiger partial charge on any atom is 0.208 e. The van der Waals surface area contributed by atoms with Crippen molar-refractivity contribution < 1.29 is 0 Å². The van der Waals surface area contributed by atoms with Crippen LogP contribution in [0.3, 0.4) is 0 Å². The average molecular weight is 253 g/mol. The molecule has 1 N–H and O–H groups in total. The van der Waals surface area contributed by atoms with Crippen LogP contribution in [0.5, 0.6) is 0 Å². The molecule has 0 saturated heterocycles. The zero-order valence-corrected chi connectivity index (χ0v) is 10.7. The zero-order valence-electron chi connectivity index (χ0n) is 9.92. The smallest absolute Gasteiger partial charge is 0.208 e. The van der Waals surface area contributed by atoms with Gasteiger partial charge in [0, 0.05) is 13.0 Å². The molecule has 2 heterocycles. The Bertz CT molecular complexity index is 463. The Balaban J connectivity index is 1.94. The van der Waals surface area contributed by atoms with E-state index in [1.807, 2.05) is 11.6 Å². The minimum Gasteiger partial charge on any atom is -0.262 e. The number of H-pyrrole nitrogens is 1. The van der Waals surface area contributed by atoms with Gasteiger partial charge in [0.2, 0.25) is 5.16 Å². The summed E-state index contributed by atoms with van der Waals surface area (Å²) in [5.41, 5.74) is 0. The third-order valence-electron chi connectivity index (χ3n) is 2.22. The molecule has 0 atom stereocenters. The fourth-order valence-electron chi connectivity index (χ4n) is 1.34. The van der Waals surface area contributed by atoms with E-state index >= 15 is 0 Å². The minimum absolute atomic E-state index is 0.688. The van der Waals surface area contributed by atoms with Crippen LogP contribution in [0.1, 0.15) is 31.9 Å². The molecule has 0 aliphatic rings. The van der Waals surface area contributed by atoms with Gasteiger partial charge in [-0.15, -0.1) is 10.2 Å². The standard InChI is InChI=1S/C9H15N7S/c1-3-5-16-8(12-14-15-16)6-17-9-10-7(4-2)11-13-9/h3-6H2,1-2H3,(H,10,11,13). The highest BCUT2D eigenvalue weighted by atomic mass is 32.2. The Hall–Kier alpha value is -1.44. The predicted octanol–water partition coefficient (Wildman–Crippen LogP) is 1.06. The summed E-state index contributed by atoms with van der Waals surface area (Å²) >= 11 is 1.54. The monoisotopic (exact) mass is 253 g/mol. The van der Waals surface area contributed by atoms with Crippen LogP contribution < -0.4 is 0 Å². The molecular formula is C9H15N7S. The topological polar surface area (TPSA) is 85.2 Å². The summed E-state index contributed by atoms with van der Waals surface area (Å²) < 4.78 is 1.82. The highest BCUT2D eigenvalue weighted by molar-refractivity contribution is 7.98. The van der Waals surface area contributed by atoms with Crippen LogP contribution in [0, 0.1) is 0 Å². The first-order valence-corrected chi connectivity index (χ1v) is 6.61. The second-order valence-corrected chi connectivity index (χ2v) is 4.47. The summed E-state index contributed by atoms with van der Waals surface area (Å²) in [6.07, 6.45) is 1.88. The van der Waals surface area contributed by atoms with Crippen molar-refractivity contribution in [2.45, 2.75) is 44.1 Å². The third kappa shape index (κ3) is 3.02. The van der Waals surface area contributed by atoms with E-state index in [0.29, 0.717) is 5.75 Å². The van der Waals surface area contributed by atoms with Gasteiger partial charge in [0.15, 0.2) is 5.82 Å². The van der Waals surface area contributed by atoms with Crippen molar-refractivity contribution >= 4 is 11.8 Å². The highest BCUT2D eigenvalue weighted by Crippen LogP contribution is 2.17. The van der Waals surface area contributed by atoms with Gasteiger partial charge in [-0.2, -0.15) is 0 Å². The van der Waals surface area contributed by atoms with Gasteiger partial charge in [0.1, 0.15) is 5.82 Å². The van der Waals surface area contributed by atoms with E-state index in [0.717, 1.165) is 36.2 Å². The summed E-state index contributed by atoms with van der Waals surface area (Å²) in [7, 11) is 0. The van der Waals surface area contributed by atoms with Crippen LogP contribution >= 0.6 is 11.8 Å². The number of rotatable bonds is 6. The van der Waals surface area contributed by atoms with Crippen LogP contribution in [-0.2, 0) is 18.7 Å². The van der Waals surface area contributed by atoms with Gasteiger partial charge >= 0.3 is 0 Å². The molecule has 0 fully saturated rings. The van der Waals surface area contributed by atoms with Crippen LogP contribution in [-0.4, -0.2) is 35.4 Å². The molecule has 0 amide bonds. The molecule has 8 heteroatoms. The van der Waals surface area contributed by atoms with Gasteiger partial charge < -0.3 is 0 Å². The highest BCUT2D eigenvalue weighted by Gasteiger charge is 2.08. The van der Waals surface area contributed by atoms with Gasteiger partial charge in [-0.05, 0) is 16.8 Å². The lowest BCUT2D eigenvalue weighted by molar-refractivity contribution is 0.564. The SMILES string of the molecule is CCCn1nnnc1CSc1n[nH]c(CC)n1. The Morgan fingerprint density at radius 2 is 2.24 bits per heavy atom. The molecule has 0 aliphatic carbocycles. The first-order chi connectivity index (χ1) is 8.33. The van der Waals surface area contributed by atoms with Gasteiger partial charge in [-0.25, -0.2) is 9.67 Å². The van der Waals surface area contributed by atoms with Crippen LogP contribution in [0.2, 0.25) is 0 Å². The Kier molecular flexibility index (Phi) is 4.08. The second-order valence-electron chi connectivity index (χ2n) is 3.53. The fraction of sp³-hybridized carbons (Fsp3) is 0.667. The summed E-state index contributed by atoms with van der Waals surface area (Å²) in [5.74, 6) is 2.45. The maximum atomic E-state index is 4.32. The van der Waals surface area contributed by atoms with E-state index in [9.17, 15) is 0 Å². The summed E-state index contributed by atoms with van der Waals surface area (Å²) in [4.78, 5) is 4.32. The van der Waals surface area contributed by atoms with Crippen molar-refractivity contribution in [1.29, 1.82) is 0 Å². The summed E-state index contributed by atoms with van der Waals surface area (Å²) in [5, 5.41) is 19.3. The van der Waals surface area contributed by atoms with E-state index in [4.69, 9.17) is 0 Å². The third-order valence-corrected chi connectivity index (χ3v) is 3.06. The Morgan fingerprint density at radius 3 is 2.94 bits per heavy atom. The lowest BCUT2D eigenvalue weighted by atomic mass is 10.5. The number of aryl methyl sites for hydroxylation is 2. The lowest BCUT2D eigenvalue weighted by Crippen LogP contribution is -2.04. The minimum atomic E-state index is 0.688. The normalized spacial score (nSPS) is 10.9. The van der Waals surface area contributed by atoms with Crippen molar-refractivity contribution in [3.8, 4) is 0 Å². The van der Waals surface area contributed by atoms with Crippen LogP contribution in [0.4, 0.5) is 0 Å². The Labute approximate surface area is 103 Å². The molecule has 0 aliphatic heterocycles. The fourth-order valence-corrected chi connectivity index (χ4v) is 2.09. The van der Waals surface area contributed by atoms with Crippen molar-refractivity contribution in [3.63, 3.8) is 0 Å². The molecule has 7 nitrogen and oxygen atoms in total. The quantitative estimate of drug-likeness (QED) is 0.775. The number of thioether (sulfide) groups is 1. The van der Waals surface area contributed by atoms with Gasteiger partial charge in [-0.1, -0.05) is 25.6 Å². The van der Waals surface area contributed by atoms with Gasteiger partial charge in [-0.3, -0.25) is 5.10 Å². The van der Waals surface area contributed by atoms with E-state index in [2.05, 4.69) is 37.6 Å². The van der Waals surface area contributed by atoms with E-state index in [-0.39, 0.29) is 0 Å². The van der Waals surface area contributed by atoms with Crippen molar-refractivity contribution in [2.24, 2.45) is 0 Å². The van der Waals surface area contributed by atoms with Crippen molar-refractivity contribution in [2.75, 3.05) is 0 Å². The van der Waals surface area contributed by atoms with Crippen LogP contribution in [0.25, 0.3) is 0 Å². The lowest BCUT2D eigenvalue weighted by Gasteiger charge is -2.00. The summed E-state index contributed by atoms with van der Waals surface area (Å²) in [6.45, 7) is 4.98. The van der Waals surface area contributed by atoms with Gasteiger partial charge in [0.05, 0.1) is 5.75 Å². The molecule has 0 unspecified atom stereocenters. The molecule has 0 aromatic carbocycles. The number of tetrazole rings is 1.